The molecule has 7 nitrogen and oxygen atoms in total. The summed E-state index contributed by atoms with van der Waals surface area (Å²) < 4.78 is 20.7. The SMILES string of the molecule is COCCOCCOCCOc1cccc([N+](=O)[O-])c1. The lowest BCUT2D eigenvalue weighted by molar-refractivity contribution is -0.384. The van der Waals surface area contributed by atoms with Crippen LogP contribution >= 0.6 is 0 Å². The van der Waals surface area contributed by atoms with E-state index in [2.05, 4.69) is 0 Å². The lowest BCUT2D eigenvalue weighted by atomic mass is 10.3. The molecule has 0 aliphatic rings. The van der Waals surface area contributed by atoms with Gasteiger partial charge >= 0.3 is 0 Å². The summed E-state index contributed by atoms with van der Waals surface area (Å²) in [5.74, 6) is 0.458. The van der Waals surface area contributed by atoms with Gasteiger partial charge in [0.1, 0.15) is 12.4 Å². The van der Waals surface area contributed by atoms with Crippen molar-refractivity contribution in [2.45, 2.75) is 0 Å². The Kier molecular flexibility index (Phi) is 8.28. The Morgan fingerprint density at radius 2 is 1.70 bits per heavy atom. The standard InChI is InChI=1S/C13H19NO6/c1-17-5-6-18-7-8-19-9-10-20-13-4-2-3-12(11-13)14(15)16/h2-4,11H,5-10H2,1H3. The van der Waals surface area contributed by atoms with Crippen molar-refractivity contribution in [2.75, 3.05) is 46.8 Å². The number of hydrogen-bond acceptors (Lipinski definition) is 6. The number of nitro benzene ring substituents is 1. The molecule has 0 spiro atoms. The minimum atomic E-state index is -0.458. The summed E-state index contributed by atoms with van der Waals surface area (Å²) in [6, 6.07) is 6.05. The number of methoxy groups -OCH3 is 1. The first-order chi connectivity index (χ1) is 9.74. The van der Waals surface area contributed by atoms with Crippen molar-refractivity contribution >= 4 is 5.69 Å². The molecule has 0 bridgehead atoms. The molecule has 1 aromatic carbocycles. The van der Waals surface area contributed by atoms with Gasteiger partial charge in [0.2, 0.25) is 0 Å². The van der Waals surface area contributed by atoms with Crippen molar-refractivity contribution < 1.29 is 23.9 Å². The predicted molar refractivity (Wildman–Crippen MR) is 72.1 cm³/mol. The van der Waals surface area contributed by atoms with Gasteiger partial charge < -0.3 is 18.9 Å². The molecule has 7 heteroatoms. The molecule has 0 saturated heterocycles. The van der Waals surface area contributed by atoms with Crippen LogP contribution in [0.5, 0.6) is 5.75 Å². The molecule has 0 aromatic heterocycles. The summed E-state index contributed by atoms with van der Waals surface area (Å²) in [5.41, 5.74) is 0.00922. The van der Waals surface area contributed by atoms with Gasteiger partial charge in [0, 0.05) is 13.2 Å². The van der Waals surface area contributed by atoms with E-state index in [9.17, 15) is 10.1 Å². The van der Waals surface area contributed by atoms with Crippen LogP contribution in [0.3, 0.4) is 0 Å². The average Bonchev–Trinajstić information content (AvgIpc) is 2.46. The molecule has 1 rings (SSSR count). The largest absolute Gasteiger partial charge is 0.491 e. The Labute approximate surface area is 117 Å². The Bertz CT molecular complexity index is 398. The van der Waals surface area contributed by atoms with E-state index in [0.29, 0.717) is 45.4 Å². The van der Waals surface area contributed by atoms with E-state index >= 15 is 0 Å². The smallest absolute Gasteiger partial charge is 0.273 e. The molecule has 0 amide bonds. The zero-order valence-electron chi connectivity index (χ0n) is 11.4. The highest BCUT2D eigenvalue weighted by atomic mass is 16.6. The van der Waals surface area contributed by atoms with Gasteiger partial charge in [-0.2, -0.15) is 0 Å². The van der Waals surface area contributed by atoms with Gasteiger partial charge in [-0.25, -0.2) is 0 Å². The molecular formula is C13H19NO6. The van der Waals surface area contributed by atoms with Crippen LogP contribution in [-0.4, -0.2) is 51.7 Å². The molecule has 0 unspecified atom stereocenters. The molecule has 0 fully saturated rings. The van der Waals surface area contributed by atoms with Gasteiger partial charge in [0.25, 0.3) is 5.69 Å². The van der Waals surface area contributed by atoms with E-state index < -0.39 is 4.92 Å². The summed E-state index contributed by atoms with van der Waals surface area (Å²) >= 11 is 0. The fraction of sp³-hybridized carbons (Fsp3) is 0.538. The Hall–Kier alpha value is -1.70. The average molecular weight is 285 g/mol. The van der Waals surface area contributed by atoms with Gasteiger partial charge in [-0.15, -0.1) is 0 Å². The van der Waals surface area contributed by atoms with Crippen LogP contribution in [0.4, 0.5) is 5.69 Å². The molecule has 0 aliphatic heterocycles. The number of nitrogens with zero attached hydrogens (tertiary/aromatic N) is 1. The van der Waals surface area contributed by atoms with Crippen LogP contribution in [0.2, 0.25) is 0 Å². The Balaban J connectivity index is 2.06. The molecule has 0 atom stereocenters. The first-order valence-corrected chi connectivity index (χ1v) is 6.25. The third kappa shape index (κ3) is 7.03. The Morgan fingerprint density at radius 1 is 1.05 bits per heavy atom. The summed E-state index contributed by atoms with van der Waals surface area (Å²) in [4.78, 5) is 10.1. The van der Waals surface area contributed by atoms with Crippen LogP contribution in [-0.2, 0) is 14.2 Å². The lowest BCUT2D eigenvalue weighted by Gasteiger charge is -2.07. The topological polar surface area (TPSA) is 80.1 Å². The minimum Gasteiger partial charge on any atom is -0.491 e. The summed E-state index contributed by atoms with van der Waals surface area (Å²) in [5, 5.41) is 10.6. The van der Waals surface area contributed by atoms with E-state index in [0.717, 1.165) is 0 Å². The maximum absolute atomic E-state index is 10.6. The van der Waals surface area contributed by atoms with Crippen LogP contribution in [0.25, 0.3) is 0 Å². The second-order valence-electron chi connectivity index (χ2n) is 3.82. The highest BCUT2D eigenvalue weighted by molar-refractivity contribution is 5.37. The van der Waals surface area contributed by atoms with E-state index in [1.165, 1.54) is 12.1 Å². The van der Waals surface area contributed by atoms with Crippen molar-refractivity contribution in [3.05, 3.63) is 34.4 Å². The molecule has 112 valence electrons. The van der Waals surface area contributed by atoms with Crippen LogP contribution in [0.1, 0.15) is 0 Å². The monoisotopic (exact) mass is 285 g/mol. The lowest BCUT2D eigenvalue weighted by Crippen LogP contribution is -2.12. The van der Waals surface area contributed by atoms with Gasteiger partial charge in [-0.1, -0.05) is 6.07 Å². The molecule has 20 heavy (non-hydrogen) atoms. The summed E-state index contributed by atoms with van der Waals surface area (Å²) in [6.45, 7) is 2.82. The molecule has 0 radical (unpaired) electrons. The van der Waals surface area contributed by atoms with E-state index in [1.54, 1.807) is 19.2 Å². The van der Waals surface area contributed by atoms with Crippen LogP contribution < -0.4 is 4.74 Å². The third-order valence-corrected chi connectivity index (χ3v) is 2.33. The molecular weight excluding hydrogens is 266 g/mol. The first kappa shape index (κ1) is 16.4. The number of hydrogen-bond donors (Lipinski definition) is 0. The number of ether oxygens (including phenoxy) is 4. The first-order valence-electron chi connectivity index (χ1n) is 6.25. The number of nitro groups is 1. The Morgan fingerprint density at radius 3 is 2.35 bits per heavy atom. The van der Waals surface area contributed by atoms with E-state index in [1.807, 2.05) is 0 Å². The van der Waals surface area contributed by atoms with Crippen molar-refractivity contribution in [2.24, 2.45) is 0 Å². The van der Waals surface area contributed by atoms with Gasteiger partial charge in [0.05, 0.1) is 44.0 Å². The van der Waals surface area contributed by atoms with E-state index in [-0.39, 0.29) is 5.69 Å². The van der Waals surface area contributed by atoms with Crippen LogP contribution in [0.15, 0.2) is 24.3 Å². The maximum atomic E-state index is 10.6. The fourth-order valence-electron chi connectivity index (χ4n) is 1.37. The second kappa shape index (κ2) is 10.1. The van der Waals surface area contributed by atoms with E-state index in [4.69, 9.17) is 18.9 Å². The quantitative estimate of drug-likeness (QED) is 0.349. The number of non-ortho nitro benzene ring substituents is 1. The van der Waals surface area contributed by atoms with Crippen molar-refractivity contribution in [1.82, 2.24) is 0 Å². The summed E-state index contributed by atoms with van der Waals surface area (Å²) in [6.07, 6.45) is 0. The summed E-state index contributed by atoms with van der Waals surface area (Å²) in [7, 11) is 1.62. The number of benzene rings is 1. The molecule has 0 aliphatic carbocycles. The zero-order valence-corrected chi connectivity index (χ0v) is 11.4. The van der Waals surface area contributed by atoms with Crippen molar-refractivity contribution in [1.29, 1.82) is 0 Å². The van der Waals surface area contributed by atoms with Gasteiger partial charge in [-0.05, 0) is 6.07 Å². The van der Waals surface area contributed by atoms with Gasteiger partial charge in [-0.3, -0.25) is 10.1 Å². The van der Waals surface area contributed by atoms with Crippen molar-refractivity contribution in [3.8, 4) is 5.75 Å². The highest BCUT2D eigenvalue weighted by Crippen LogP contribution is 2.18. The number of rotatable bonds is 11. The van der Waals surface area contributed by atoms with Crippen molar-refractivity contribution in [3.63, 3.8) is 0 Å². The third-order valence-electron chi connectivity index (χ3n) is 2.33. The normalized spacial score (nSPS) is 10.4. The molecule has 0 N–H and O–H groups in total. The van der Waals surface area contributed by atoms with Crippen LogP contribution in [0, 0.1) is 10.1 Å². The highest BCUT2D eigenvalue weighted by Gasteiger charge is 2.05. The zero-order chi connectivity index (χ0) is 14.6. The molecule has 0 heterocycles. The molecule has 0 saturated carbocycles. The fourth-order valence-corrected chi connectivity index (χ4v) is 1.37. The predicted octanol–water partition coefficient (Wildman–Crippen LogP) is 1.65. The maximum Gasteiger partial charge on any atom is 0.273 e. The minimum absolute atomic E-state index is 0.00922. The second-order valence-corrected chi connectivity index (χ2v) is 3.82. The van der Waals surface area contributed by atoms with Gasteiger partial charge in [0.15, 0.2) is 0 Å². The molecule has 1 aromatic rings.